The second-order valence-electron chi connectivity index (χ2n) is 11.9. The Balaban J connectivity index is 1.14. The maximum absolute atomic E-state index is 5.00. The van der Waals surface area contributed by atoms with Crippen LogP contribution >= 0.6 is 11.3 Å². The second kappa shape index (κ2) is 9.12. The van der Waals surface area contributed by atoms with Gasteiger partial charge in [0.15, 0.2) is 5.82 Å². The lowest BCUT2D eigenvalue weighted by atomic mass is 9.80. The third kappa shape index (κ3) is 3.33. The number of benzene rings is 6. The summed E-state index contributed by atoms with van der Waals surface area (Å²) in [6, 6.07) is 44.4. The zero-order valence-corrected chi connectivity index (χ0v) is 24.7. The van der Waals surface area contributed by atoms with E-state index in [-0.39, 0.29) is 0 Å². The van der Waals surface area contributed by atoms with Gasteiger partial charge in [-0.05, 0) is 75.0 Å². The first-order valence-electron chi connectivity index (χ1n) is 15.2. The van der Waals surface area contributed by atoms with Gasteiger partial charge in [-0.1, -0.05) is 103 Å². The van der Waals surface area contributed by atoms with Crippen molar-refractivity contribution in [1.82, 2.24) is 9.55 Å². The van der Waals surface area contributed by atoms with Gasteiger partial charge in [-0.2, -0.15) is 0 Å². The number of fused-ring (bicyclic) bond motifs is 12. The minimum absolute atomic E-state index is 0.324. The van der Waals surface area contributed by atoms with E-state index in [1.807, 2.05) is 17.5 Å². The molecule has 0 saturated heterocycles. The molecule has 1 atom stereocenters. The van der Waals surface area contributed by atoms with E-state index in [0.29, 0.717) is 5.92 Å². The van der Waals surface area contributed by atoms with Crippen LogP contribution in [0.4, 0.5) is 0 Å². The number of thiophene rings is 1. The van der Waals surface area contributed by atoms with Crippen molar-refractivity contribution in [2.75, 3.05) is 0 Å². The van der Waals surface area contributed by atoms with E-state index in [0.717, 1.165) is 12.2 Å². The molecule has 6 aromatic carbocycles. The first kappa shape index (κ1) is 24.2. The van der Waals surface area contributed by atoms with Crippen LogP contribution in [0.25, 0.3) is 75.4 Å². The normalized spacial score (nSPS) is 14.9. The summed E-state index contributed by atoms with van der Waals surface area (Å²) in [6.45, 7) is 0. The van der Waals surface area contributed by atoms with Gasteiger partial charge in [0.1, 0.15) is 0 Å². The van der Waals surface area contributed by atoms with E-state index in [9.17, 15) is 0 Å². The van der Waals surface area contributed by atoms with E-state index in [1.165, 1.54) is 80.2 Å². The van der Waals surface area contributed by atoms with Crippen molar-refractivity contribution in [2.24, 2.45) is 0 Å². The SMILES string of the molecule is C1=CC(c2ccc3sc4c(-n5c6ccccc6c6ccccc65)nccc4c3c2)Cc2c1c1ccccc1c1ccccc21. The van der Waals surface area contributed by atoms with Crippen molar-refractivity contribution in [3.05, 3.63) is 150 Å². The Labute approximate surface area is 258 Å². The smallest absolute Gasteiger partial charge is 0.155 e. The average molecular weight is 579 g/mol. The Morgan fingerprint density at radius 2 is 1.23 bits per heavy atom. The van der Waals surface area contributed by atoms with E-state index in [4.69, 9.17) is 4.98 Å². The highest BCUT2D eigenvalue weighted by Crippen LogP contribution is 2.43. The molecule has 3 aromatic heterocycles. The van der Waals surface area contributed by atoms with E-state index in [2.05, 4.69) is 138 Å². The fourth-order valence-corrected chi connectivity index (χ4v) is 8.79. The number of para-hydroxylation sites is 2. The highest BCUT2D eigenvalue weighted by atomic mass is 32.1. The average Bonchev–Trinajstić information content (AvgIpc) is 3.64. The maximum Gasteiger partial charge on any atom is 0.155 e. The molecule has 1 unspecified atom stereocenters. The van der Waals surface area contributed by atoms with Gasteiger partial charge in [-0.25, -0.2) is 4.98 Å². The fraction of sp³-hybridized carbons (Fsp3) is 0.0488. The molecule has 9 aromatic rings. The van der Waals surface area contributed by atoms with Crippen LogP contribution in [0, 0.1) is 0 Å². The Hall–Kier alpha value is -5.25. The van der Waals surface area contributed by atoms with Gasteiger partial charge in [-0.15, -0.1) is 11.3 Å². The van der Waals surface area contributed by atoms with Gasteiger partial charge in [0, 0.05) is 38.4 Å². The summed E-state index contributed by atoms with van der Waals surface area (Å²) < 4.78 is 4.88. The van der Waals surface area contributed by atoms with Crippen molar-refractivity contribution in [2.45, 2.75) is 12.3 Å². The Bertz CT molecular complexity index is 2600. The number of pyridine rings is 1. The van der Waals surface area contributed by atoms with Crippen molar-refractivity contribution < 1.29 is 0 Å². The Morgan fingerprint density at radius 3 is 1.98 bits per heavy atom. The van der Waals surface area contributed by atoms with Gasteiger partial charge in [0.05, 0.1) is 15.7 Å². The third-order valence-corrected chi connectivity index (χ3v) is 10.8. The van der Waals surface area contributed by atoms with E-state index >= 15 is 0 Å². The molecular formula is C41H26N2S. The second-order valence-corrected chi connectivity index (χ2v) is 12.9. The topological polar surface area (TPSA) is 17.8 Å². The number of allylic oxidation sites excluding steroid dienone is 1. The van der Waals surface area contributed by atoms with E-state index in [1.54, 1.807) is 0 Å². The monoisotopic (exact) mass is 578 g/mol. The summed E-state index contributed by atoms with van der Waals surface area (Å²) >= 11 is 1.85. The predicted octanol–water partition coefficient (Wildman–Crippen LogP) is 11.2. The van der Waals surface area contributed by atoms with Crippen LogP contribution in [-0.2, 0) is 6.42 Å². The van der Waals surface area contributed by atoms with Gasteiger partial charge < -0.3 is 0 Å². The Kier molecular flexibility index (Phi) is 5.02. The van der Waals surface area contributed by atoms with E-state index < -0.39 is 0 Å². The van der Waals surface area contributed by atoms with Gasteiger partial charge >= 0.3 is 0 Å². The van der Waals surface area contributed by atoms with Crippen LogP contribution in [-0.4, -0.2) is 9.55 Å². The number of nitrogens with zero attached hydrogens (tertiary/aromatic N) is 2. The standard InChI is InChI=1S/C41H26N2S/c1-2-11-29-27(9-1)28-10-3-4-12-30(28)35-23-25(17-19-31(29)35)26-18-20-39-36(24-26)34-21-22-42-41(40(34)44-39)43-37-15-7-5-13-32(37)33-14-6-8-16-38(33)43/h1-22,24-25H,23H2. The van der Waals surface area contributed by atoms with Crippen LogP contribution in [0.2, 0.25) is 0 Å². The van der Waals surface area contributed by atoms with Crippen LogP contribution in [0.15, 0.2) is 134 Å². The van der Waals surface area contributed by atoms with Crippen LogP contribution in [0.1, 0.15) is 22.6 Å². The molecule has 3 heterocycles. The first-order chi connectivity index (χ1) is 21.8. The third-order valence-electron chi connectivity index (χ3n) is 9.62. The molecule has 2 nitrogen and oxygen atoms in total. The summed E-state index contributed by atoms with van der Waals surface area (Å²) in [5.41, 5.74) is 6.58. The van der Waals surface area contributed by atoms with Crippen molar-refractivity contribution in [1.29, 1.82) is 0 Å². The highest BCUT2D eigenvalue weighted by molar-refractivity contribution is 7.26. The van der Waals surface area contributed by atoms with Crippen molar-refractivity contribution in [3.8, 4) is 5.82 Å². The lowest BCUT2D eigenvalue weighted by Gasteiger charge is -2.24. The molecule has 1 aliphatic carbocycles. The molecule has 0 saturated carbocycles. The van der Waals surface area contributed by atoms with Crippen LogP contribution < -0.4 is 0 Å². The predicted molar refractivity (Wildman–Crippen MR) is 188 cm³/mol. The molecule has 0 aliphatic heterocycles. The molecular weight excluding hydrogens is 553 g/mol. The number of hydrogen-bond acceptors (Lipinski definition) is 2. The molecule has 1 aliphatic rings. The number of rotatable bonds is 2. The van der Waals surface area contributed by atoms with Crippen molar-refractivity contribution >= 4 is 80.9 Å². The quantitative estimate of drug-likeness (QED) is 0.187. The molecule has 44 heavy (non-hydrogen) atoms. The maximum atomic E-state index is 5.00. The first-order valence-corrected chi connectivity index (χ1v) is 16.1. The number of hydrogen-bond donors (Lipinski definition) is 0. The molecule has 0 N–H and O–H groups in total. The minimum atomic E-state index is 0.324. The summed E-state index contributed by atoms with van der Waals surface area (Å²) in [4.78, 5) is 5.00. The van der Waals surface area contributed by atoms with Crippen LogP contribution in [0.3, 0.4) is 0 Å². The molecule has 10 rings (SSSR count). The largest absolute Gasteiger partial charge is 0.293 e. The number of aromatic nitrogens is 2. The van der Waals surface area contributed by atoms with Gasteiger partial charge in [0.25, 0.3) is 0 Å². The lowest BCUT2D eigenvalue weighted by Crippen LogP contribution is -2.07. The Morgan fingerprint density at radius 1 is 0.591 bits per heavy atom. The molecule has 206 valence electrons. The molecule has 0 bridgehead atoms. The van der Waals surface area contributed by atoms with Crippen LogP contribution in [0.5, 0.6) is 0 Å². The highest BCUT2D eigenvalue weighted by Gasteiger charge is 2.22. The van der Waals surface area contributed by atoms with Gasteiger partial charge in [-0.3, -0.25) is 4.57 Å². The fourth-order valence-electron chi connectivity index (χ4n) is 7.63. The zero-order chi connectivity index (χ0) is 28.8. The molecule has 3 heteroatoms. The minimum Gasteiger partial charge on any atom is -0.293 e. The molecule has 0 radical (unpaired) electrons. The van der Waals surface area contributed by atoms with Gasteiger partial charge in [0.2, 0.25) is 0 Å². The molecule has 0 amide bonds. The summed E-state index contributed by atoms with van der Waals surface area (Å²) in [5, 5.41) is 10.5. The summed E-state index contributed by atoms with van der Waals surface area (Å²) in [7, 11) is 0. The lowest BCUT2D eigenvalue weighted by molar-refractivity contribution is 0.836. The summed E-state index contributed by atoms with van der Waals surface area (Å²) in [6.07, 6.45) is 7.77. The molecule has 0 spiro atoms. The molecule has 0 fully saturated rings. The van der Waals surface area contributed by atoms with Crippen molar-refractivity contribution in [3.63, 3.8) is 0 Å². The summed E-state index contributed by atoms with van der Waals surface area (Å²) in [5.74, 6) is 1.33. The zero-order valence-electron chi connectivity index (χ0n) is 23.9.